The number of amidine groups is 1. The van der Waals surface area contributed by atoms with Gasteiger partial charge in [-0.2, -0.15) is 21.0 Å². The molecule has 1 heterocycles. The zero-order chi connectivity index (χ0) is 13.7. The lowest BCUT2D eigenvalue weighted by Crippen LogP contribution is -2.10. The molecule has 7 heteroatoms. The molecule has 0 aromatic heterocycles. The summed E-state index contributed by atoms with van der Waals surface area (Å²) in [5, 5.41) is 42.3. The molecule has 0 radical (unpaired) electrons. The number of nitriles is 4. The predicted molar refractivity (Wildman–Crippen MR) is 59.4 cm³/mol. The summed E-state index contributed by atoms with van der Waals surface area (Å²) >= 11 is 0. The van der Waals surface area contributed by atoms with Crippen LogP contribution in [0.5, 0.6) is 0 Å². The molecule has 1 aliphatic rings. The van der Waals surface area contributed by atoms with Gasteiger partial charge in [-0.1, -0.05) is 0 Å². The Bertz CT molecular complexity index is 728. The van der Waals surface area contributed by atoms with Crippen molar-refractivity contribution in [3.05, 3.63) is 28.0 Å². The molecule has 7 nitrogen and oxygen atoms in total. The minimum atomic E-state index is -0.379. The molecule has 0 aromatic carbocycles. The van der Waals surface area contributed by atoms with Crippen LogP contribution < -0.4 is 5.73 Å². The van der Waals surface area contributed by atoms with Crippen LogP contribution in [0.15, 0.2) is 33.0 Å². The van der Waals surface area contributed by atoms with Gasteiger partial charge in [0.25, 0.3) is 0 Å². The van der Waals surface area contributed by atoms with Crippen molar-refractivity contribution in [2.24, 2.45) is 10.7 Å². The van der Waals surface area contributed by atoms with Crippen LogP contribution in [0.2, 0.25) is 0 Å². The van der Waals surface area contributed by atoms with Gasteiger partial charge >= 0.3 is 0 Å². The van der Waals surface area contributed by atoms with E-state index in [9.17, 15) is 0 Å². The third-order valence-electron chi connectivity index (χ3n) is 2.03. The highest BCUT2D eigenvalue weighted by Gasteiger charge is 2.26. The van der Waals surface area contributed by atoms with E-state index in [1.54, 1.807) is 30.1 Å². The SMILES string of the molecule is N#CC(=C=N)/C(C#N)=C1\N=C(N)C(C#N)=C1C#N. The number of nitrogens with zero attached hydrogens (tertiary/aromatic N) is 5. The molecular formula is C11H3N7. The van der Waals surface area contributed by atoms with Gasteiger partial charge < -0.3 is 5.73 Å². The number of nitrogens with two attached hydrogens (primary N) is 1. The molecule has 3 N–H and O–H groups in total. The normalized spacial score (nSPS) is 15.4. The van der Waals surface area contributed by atoms with Crippen molar-refractivity contribution in [2.75, 3.05) is 0 Å². The van der Waals surface area contributed by atoms with Gasteiger partial charge in [0, 0.05) is 0 Å². The highest BCUT2D eigenvalue weighted by molar-refractivity contribution is 6.07. The first kappa shape index (κ1) is 12.4. The van der Waals surface area contributed by atoms with Crippen molar-refractivity contribution < 1.29 is 0 Å². The number of hydrogen-bond acceptors (Lipinski definition) is 7. The van der Waals surface area contributed by atoms with E-state index in [1.165, 1.54) is 0 Å². The first-order valence-electron chi connectivity index (χ1n) is 4.38. The van der Waals surface area contributed by atoms with Crippen LogP contribution in [-0.4, -0.2) is 11.7 Å². The first-order valence-corrected chi connectivity index (χ1v) is 4.38. The average Bonchev–Trinajstić information content (AvgIpc) is 2.71. The lowest BCUT2D eigenvalue weighted by atomic mass is 10.0. The number of hydrogen-bond donors (Lipinski definition) is 2. The maximum atomic E-state index is 8.95. The molecule has 0 fully saturated rings. The highest BCUT2D eigenvalue weighted by atomic mass is 14.9. The largest absolute Gasteiger partial charge is 0.383 e. The number of rotatable bonds is 1. The minimum absolute atomic E-state index is 0.150. The van der Waals surface area contributed by atoms with Crippen LogP contribution >= 0.6 is 0 Å². The van der Waals surface area contributed by atoms with Crippen LogP contribution in [0, 0.1) is 50.7 Å². The Hall–Kier alpha value is -3.64. The highest BCUT2D eigenvalue weighted by Crippen LogP contribution is 2.28. The summed E-state index contributed by atoms with van der Waals surface area (Å²) in [7, 11) is 0. The van der Waals surface area contributed by atoms with Crippen molar-refractivity contribution in [3.8, 4) is 24.3 Å². The maximum absolute atomic E-state index is 8.95. The minimum Gasteiger partial charge on any atom is -0.383 e. The molecule has 0 amide bonds. The number of aliphatic imine (C=N–C) groups is 1. The second-order valence-corrected chi connectivity index (χ2v) is 2.92. The molecule has 0 saturated carbocycles. The van der Waals surface area contributed by atoms with E-state index in [0.29, 0.717) is 0 Å². The monoisotopic (exact) mass is 233 g/mol. The van der Waals surface area contributed by atoms with E-state index in [0.717, 1.165) is 0 Å². The molecule has 0 aliphatic carbocycles. The summed E-state index contributed by atoms with van der Waals surface area (Å²) in [5.41, 5.74) is 4.24. The molecule has 18 heavy (non-hydrogen) atoms. The standard InChI is InChI=1S/C11H3N7/c12-1-6(2-13)7(3-14)10-8(4-15)9(5-16)11(17)18-10/h12H,(H2,17,18)/b10-7-. The first-order chi connectivity index (χ1) is 8.64. The summed E-state index contributed by atoms with van der Waals surface area (Å²) in [5.74, 6) is 1.58. The van der Waals surface area contributed by atoms with Gasteiger partial charge in [0.2, 0.25) is 0 Å². The molecule has 0 atom stereocenters. The van der Waals surface area contributed by atoms with Gasteiger partial charge in [-0.25, -0.2) is 4.99 Å². The average molecular weight is 233 g/mol. The van der Waals surface area contributed by atoms with E-state index in [-0.39, 0.29) is 33.8 Å². The Morgan fingerprint density at radius 2 is 1.67 bits per heavy atom. The van der Waals surface area contributed by atoms with Crippen molar-refractivity contribution in [1.82, 2.24) is 0 Å². The third-order valence-corrected chi connectivity index (χ3v) is 2.03. The van der Waals surface area contributed by atoms with Gasteiger partial charge in [-0.15, -0.1) is 0 Å². The van der Waals surface area contributed by atoms with Gasteiger partial charge in [0.15, 0.2) is 0 Å². The van der Waals surface area contributed by atoms with Gasteiger partial charge in [-0.05, 0) is 5.87 Å². The van der Waals surface area contributed by atoms with Crippen LogP contribution in [0.1, 0.15) is 0 Å². The van der Waals surface area contributed by atoms with Crippen molar-refractivity contribution in [2.45, 2.75) is 0 Å². The second-order valence-electron chi connectivity index (χ2n) is 2.92. The van der Waals surface area contributed by atoms with Gasteiger partial charge in [0.1, 0.15) is 58.1 Å². The van der Waals surface area contributed by atoms with E-state index < -0.39 is 0 Å². The fraction of sp³-hybridized carbons (Fsp3) is 0. The van der Waals surface area contributed by atoms with Gasteiger partial charge in [-0.3, -0.25) is 5.41 Å². The van der Waals surface area contributed by atoms with Gasteiger partial charge in [0.05, 0.1) is 0 Å². The Morgan fingerprint density at radius 1 is 1.06 bits per heavy atom. The van der Waals surface area contributed by atoms with E-state index in [1.807, 2.05) is 0 Å². The Labute approximate surface area is 102 Å². The molecular weight excluding hydrogens is 230 g/mol. The molecule has 1 rings (SSSR count). The summed E-state index contributed by atoms with van der Waals surface area (Å²) < 4.78 is 0. The number of allylic oxidation sites excluding steroid dienone is 3. The predicted octanol–water partition coefficient (Wildman–Crippen LogP) is 0.177. The smallest absolute Gasteiger partial charge is 0.143 e. The second kappa shape index (κ2) is 4.92. The zero-order valence-electron chi connectivity index (χ0n) is 8.81. The Morgan fingerprint density at radius 3 is 2.06 bits per heavy atom. The lowest BCUT2D eigenvalue weighted by Gasteiger charge is -1.96. The quantitative estimate of drug-likeness (QED) is 0.487. The molecule has 0 unspecified atom stereocenters. The Balaban J connectivity index is 3.74. The van der Waals surface area contributed by atoms with E-state index in [4.69, 9.17) is 32.2 Å². The van der Waals surface area contributed by atoms with Crippen molar-refractivity contribution in [1.29, 1.82) is 26.5 Å². The molecule has 0 aromatic rings. The van der Waals surface area contributed by atoms with Crippen molar-refractivity contribution >= 4 is 11.7 Å². The van der Waals surface area contributed by atoms with Crippen LogP contribution in [-0.2, 0) is 0 Å². The fourth-order valence-corrected chi connectivity index (χ4v) is 1.26. The van der Waals surface area contributed by atoms with Crippen LogP contribution in [0.4, 0.5) is 0 Å². The topological polar surface area (TPSA) is 157 Å². The Kier molecular flexibility index (Phi) is 3.40. The molecule has 82 valence electrons. The maximum Gasteiger partial charge on any atom is 0.143 e. The summed E-state index contributed by atoms with van der Waals surface area (Å²) in [4.78, 5) is 3.72. The third kappa shape index (κ3) is 1.73. The van der Waals surface area contributed by atoms with Crippen LogP contribution in [0.3, 0.4) is 0 Å². The van der Waals surface area contributed by atoms with E-state index >= 15 is 0 Å². The molecule has 0 spiro atoms. The lowest BCUT2D eigenvalue weighted by molar-refractivity contribution is 1.30. The number of nitrogens with one attached hydrogen (secondary N) is 1. The summed E-state index contributed by atoms with van der Waals surface area (Å²) in [6.45, 7) is 0. The molecule has 0 bridgehead atoms. The molecule has 1 aliphatic heterocycles. The summed E-state index contributed by atoms with van der Waals surface area (Å²) in [6.07, 6.45) is 0. The zero-order valence-corrected chi connectivity index (χ0v) is 8.81. The molecule has 0 saturated heterocycles. The van der Waals surface area contributed by atoms with E-state index in [2.05, 4.69) is 4.99 Å². The fourth-order valence-electron chi connectivity index (χ4n) is 1.26. The van der Waals surface area contributed by atoms with Crippen LogP contribution in [0.25, 0.3) is 0 Å². The summed E-state index contributed by atoms with van der Waals surface area (Å²) in [6, 6.07) is 6.64. The van der Waals surface area contributed by atoms with Crippen molar-refractivity contribution in [3.63, 3.8) is 0 Å².